The van der Waals surface area contributed by atoms with Gasteiger partial charge in [-0.25, -0.2) is 10.2 Å². The highest BCUT2D eigenvalue weighted by Gasteiger charge is 2.12. The summed E-state index contributed by atoms with van der Waals surface area (Å²) in [6, 6.07) is 20.7. The van der Waals surface area contributed by atoms with Gasteiger partial charge in [-0.15, -0.1) is 0 Å². The Morgan fingerprint density at radius 2 is 1.57 bits per heavy atom. The Labute approximate surface area is 167 Å². The third kappa shape index (κ3) is 4.84. The summed E-state index contributed by atoms with van der Waals surface area (Å²) < 4.78 is 5.31. The van der Waals surface area contributed by atoms with Crippen molar-refractivity contribution in [3.63, 3.8) is 0 Å². The van der Waals surface area contributed by atoms with Gasteiger partial charge in [0.15, 0.2) is 0 Å². The van der Waals surface area contributed by atoms with Crippen molar-refractivity contribution < 1.29 is 14.3 Å². The van der Waals surface area contributed by atoms with Crippen molar-refractivity contribution in [3.05, 3.63) is 100 Å². The summed E-state index contributed by atoms with van der Waals surface area (Å²) in [5.74, 6) is -0.428. The van der Waals surface area contributed by atoms with Crippen LogP contribution in [0.3, 0.4) is 0 Å². The van der Waals surface area contributed by atoms with Gasteiger partial charge in [0, 0.05) is 5.56 Å². The Hall–Kier alpha value is -3.44. The lowest BCUT2D eigenvalue weighted by atomic mass is 10.1. The summed E-state index contributed by atoms with van der Waals surface area (Å²) in [5.41, 5.74) is 4.98. The smallest absolute Gasteiger partial charge is 0.345 e. The molecule has 3 rings (SSSR count). The number of hydrogen-bond donors (Lipinski definition) is 1. The van der Waals surface area contributed by atoms with E-state index in [4.69, 9.17) is 16.3 Å². The van der Waals surface area contributed by atoms with Gasteiger partial charge in [-0.05, 0) is 60.5 Å². The Morgan fingerprint density at radius 1 is 0.929 bits per heavy atom. The maximum absolute atomic E-state index is 12.1. The molecule has 1 N–H and O–H groups in total. The normalized spacial score (nSPS) is 10.6. The Kier molecular flexibility index (Phi) is 6.19. The number of benzene rings is 3. The number of nitrogens with one attached hydrogen (secondary N) is 1. The van der Waals surface area contributed by atoms with Gasteiger partial charge in [0.05, 0.1) is 16.8 Å². The van der Waals surface area contributed by atoms with E-state index < -0.39 is 5.97 Å². The highest BCUT2D eigenvalue weighted by Crippen LogP contribution is 2.19. The van der Waals surface area contributed by atoms with Crippen LogP contribution in [0.15, 0.2) is 77.9 Å². The maximum Gasteiger partial charge on any atom is 0.345 e. The van der Waals surface area contributed by atoms with Crippen molar-refractivity contribution in [1.82, 2.24) is 5.43 Å². The molecule has 0 saturated heterocycles. The number of hydrogen-bond acceptors (Lipinski definition) is 4. The fourth-order valence-corrected chi connectivity index (χ4v) is 2.68. The lowest BCUT2D eigenvalue weighted by molar-refractivity contribution is 0.0734. The first-order valence-electron chi connectivity index (χ1n) is 8.50. The second-order valence-corrected chi connectivity index (χ2v) is 6.36. The molecule has 0 atom stereocenters. The van der Waals surface area contributed by atoms with Crippen LogP contribution < -0.4 is 10.2 Å². The van der Waals surface area contributed by atoms with Gasteiger partial charge in [0.25, 0.3) is 5.91 Å². The third-order valence-corrected chi connectivity index (χ3v) is 4.28. The summed E-state index contributed by atoms with van der Waals surface area (Å²) in [5, 5.41) is 4.29. The highest BCUT2D eigenvalue weighted by molar-refractivity contribution is 6.33. The van der Waals surface area contributed by atoms with Crippen molar-refractivity contribution in [2.75, 3.05) is 0 Å². The molecule has 0 aliphatic carbocycles. The van der Waals surface area contributed by atoms with Crippen LogP contribution in [-0.2, 0) is 0 Å². The third-order valence-electron chi connectivity index (χ3n) is 3.95. The molecule has 0 aromatic heterocycles. The summed E-state index contributed by atoms with van der Waals surface area (Å²) in [6.45, 7) is 1.86. The molecular formula is C22H17ClN2O3. The van der Waals surface area contributed by atoms with Crippen LogP contribution in [-0.4, -0.2) is 18.1 Å². The zero-order chi connectivity index (χ0) is 19.9. The topological polar surface area (TPSA) is 67.8 Å². The molecule has 0 aliphatic heterocycles. The number of aryl methyl sites for hydroxylation is 1. The molecule has 3 aromatic carbocycles. The molecule has 0 unspecified atom stereocenters. The summed E-state index contributed by atoms with van der Waals surface area (Å²) in [4.78, 5) is 24.2. The van der Waals surface area contributed by atoms with Crippen molar-refractivity contribution >= 4 is 29.7 Å². The van der Waals surface area contributed by atoms with Crippen LogP contribution in [0.25, 0.3) is 0 Å². The van der Waals surface area contributed by atoms with E-state index in [1.165, 1.54) is 6.21 Å². The van der Waals surface area contributed by atoms with Crippen LogP contribution in [0.2, 0.25) is 5.02 Å². The number of rotatable bonds is 5. The molecule has 28 heavy (non-hydrogen) atoms. The van der Waals surface area contributed by atoms with Gasteiger partial charge < -0.3 is 4.74 Å². The van der Waals surface area contributed by atoms with E-state index in [1.807, 2.05) is 19.1 Å². The molecule has 140 valence electrons. The molecule has 1 amide bonds. The van der Waals surface area contributed by atoms with Gasteiger partial charge in [-0.2, -0.15) is 5.10 Å². The minimum atomic E-state index is -0.530. The first kappa shape index (κ1) is 19.3. The fourth-order valence-electron chi connectivity index (χ4n) is 2.46. The van der Waals surface area contributed by atoms with E-state index in [2.05, 4.69) is 10.5 Å². The molecule has 5 nitrogen and oxygen atoms in total. The van der Waals surface area contributed by atoms with Gasteiger partial charge in [-0.3, -0.25) is 4.79 Å². The summed E-state index contributed by atoms with van der Waals surface area (Å²) in [7, 11) is 0. The minimum absolute atomic E-state index is 0.278. The molecule has 0 heterocycles. The highest BCUT2D eigenvalue weighted by atomic mass is 35.5. The molecule has 0 fully saturated rings. The molecule has 0 aliphatic rings. The first-order valence-corrected chi connectivity index (χ1v) is 8.88. The monoisotopic (exact) mass is 392 g/mol. The quantitative estimate of drug-likeness (QED) is 0.298. The van der Waals surface area contributed by atoms with Crippen molar-refractivity contribution in [2.24, 2.45) is 5.10 Å². The van der Waals surface area contributed by atoms with Gasteiger partial charge in [0.1, 0.15) is 5.75 Å². The van der Waals surface area contributed by atoms with Crippen LogP contribution in [0.1, 0.15) is 31.8 Å². The van der Waals surface area contributed by atoms with E-state index in [1.54, 1.807) is 60.7 Å². The minimum Gasteiger partial charge on any atom is -0.423 e. The predicted molar refractivity (Wildman–Crippen MR) is 109 cm³/mol. The Morgan fingerprint density at radius 3 is 2.25 bits per heavy atom. The fraction of sp³-hybridized carbons (Fsp3) is 0.0455. The standard InChI is InChI=1S/C22H17ClN2O3/c1-15-6-2-3-7-18(15)21(26)25-24-14-16-10-12-17(13-11-16)28-22(27)19-8-4-5-9-20(19)23/h2-14H,1H3,(H,25,26). The molecule has 3 aromatic rings. The van der Waals surface area contributed by atoms with E-state index in [0.29, 0.717) is 21.9 Å². The number of carbonyl (C=O) groups excluding carboxylic acids is 2. The lowest BCUT2D eigenvalue weighted by Gasteiger charge is -2.06. The van der Waals surface area contributed by atoms with E-state index in [0.717, 1.165) is 11.1 Å². The largest absolute Gasteiger partial charge is 0.423 e. The van der Waals surface area contributed by atoms with Crippen molar-refractivity contribution in [1.29, 1.82) is 0 Å². The predicted octanol–water partition coefficient (Wildman–Crippen LogP) is 4.63. The second-order valence-electron chi connectivity index (χ2n) is 5.95. The van der Waals surface area contributed by atoms with Gasteiger partial charge >= 0.3 is 5.97 Å². The van der Waals surface area contributed by atoms with Crippen molar-refractivity contribution in [2.45, 2.75) is 6.92 Å². The van der Waals surface area contributed by atoms with Crippen molar-refractivity contribution in [3.8, 4) is 5.75 Å². The van der Waals surface area contributed by atoms with Gasteiger partial charge in [-0.1, -0.05) is 41.9 Å². The van der Waals surface area contributed by atoms with Crippen LogP contribution in [0.4, 0.5) is 0 Å². The maximum atomic E-state index is 12.1. The zero-order valence-corrected chi connectivity index (χ0v) is 15.8. The Bertz CT molecular complexity index is 1030. The average Bonchev–Trinajstić information content (AvgIpc) is 2.70. The lowest BCUT2D eigenvalue weighted by Crippen LogP contribution is -2.18. The van der Waals surface area contributed by atoms with E-state index in [-0.39, 0.29) is 5.91 Å². The SMILES string of the molecule is Cc1ccccc1C(=O)NN=Cc1ccc(OC(=O)c2ccccc2Cl)cc1. The second kappa shape index (κ2) is 8.97. The van der Waals surface area contributed by atoms with Crippen LogP contribution in [0.5, 0.6) is 5.75 Å². The number of nitrogens with zero attached hydrogens (tertiary/aromatic N) is 1. The number of esters is 1. The summed E-state index contributed by atoms with van der Waals surface area (Å²) >= 11 is 5.99. The van der Waals surface area contributed by atoms with E-state index in [9.17, 15) is 9.59 Å². The van der Waals surface area contributed by atoms with Crippen LogP contribution >= 0.6 is 11.6 Å². The van der Waals surface area contributed by atoms with Crippen LogP contribution in [0, 0.1) is 6.92 Å². The average molecular weight is 393 g/mol. The first-order chi connectivity index (χ1) is 13.5. The van der Waals surface area contributed by atoms with Gasteiger partial charge in [0.2, 0.25) is 0 Å². The zero-order valence-electron chi connectivity index (χ0n) is 15.1. The molecule has 0 bridgehead atoms. The molecule has 0 spiro atoms. The molecular weight excluding hydrogens is 376 g/mol. The Balaban J connectivity index is 1.59. The summed E-state index contributed by atoms with van der Waals surface area (Å²) in [6.07, 6.45) is 1.51. The molecule has 0 saturated carbocycles. The number of halogens is 1. The molecule has 0 radical (unpaired) electrons. The molecule has 6 heteroatoms. The number of ether oxygens (including phenoxy) is 1. The number of hydrazone groups is 1. The number of amides is 1. The van der Waals surface area contributed by atoms with E-state index >= 15 is 0 Å². The number of carbonyl (C=O) groups is 2.